The Bertz CT molecular complexity index is 442. The topological polar surface area (TPSA) is 51.8 Å². The average Bonchev–Trinajstić information content (AvgIpc) is 2.18. The molecule has 0 unspecified atom stereocenters. The largest absolute Gasteiger partial charge is 0.326 e. The van der Waals surface area contributed by atoms with Gasteiger partial charge in [0.15, 0.2) is 0 Å². The van der Waals surface area contributed by atoms with Gasteiger partial charge in [-0.25, -0.2) is 0 Å². The molecule has 13 heavy (non-hydrogen) atoms. The summed E-state index contributed by atoms with van der Waals surface area (Å²) in [6, 6.07) is 3.63. The molecule has 1 heterocycles. The second-order valence-electron chi connectivity index (χ2n) is 2.65. The highest BCUT2D eigenvalue weighted by Crippen LogP contribution is 2.22. The summed E-state index contributed by atoms with van der Waals surface area (Å²) in [7, 11) is 0. The van der Waals surface area contributed by atoms with Crippen molar-refractivity contribution >= 4 is 22.6 Å². The Kier molecular flexibility index (Phi) is 2.12. The van der Waals surface area contributed by atoms with Crippen LogP contribution in [0.15, 0.2) is 24.5 Å². The number of hydrogen-bond donors (Lipinski definition) is 1. The molecule has 0 fully saturated rings. The summed E-state index contributed by atoms with van der Waals surface area (Å²) in [6.07, 6.45) is 3.29. The Morgan fingerprint density at radius 3 is 2.77 bits per heavy atom. The SMILES string of the molecule is NCc1c(Cl)ccc2nccnc12. The fraction of sp³-hybridized carbons (Fsp3) is 0.111. The van der Waals surface area contributed by atoms with E-state index in [1.807, 2.05) is 6.07 Å². The van der Waals surface area contributed by atoms with Crippen LogP contribution < -0.4 is 5.73 Å². The van der Waals surface area contributed by atoms with Crippen molar-refractivity contribution in [2.24, 2.45) is 5.73 Å². The maximum absolute atomic E-state index is 5.96. The molecule has 1 aromatic heterocycles. The first-order valence-corrected chi connectivity index (χ1v) is 4.29. The lowest BCUT2D eigenvalue weighted by molar-refractivity contribution is 1.07. The number of fused-ring (bicyclic) bond motifs is 1. The third-order valence-electron chi connectivity index (χ3n) is 1.89. The smallest absolute Gasteiger partial charge is 0.0946 e. The molecule has 2 aromatic rings. The normalized spacial score (nSPS) is 10.6. The maximum atomic E-state index is 5.96. The molecule has 3 nitrogen and oxygen atoms in total. The van der Waals surface area contributed by atoms with Crippen molar-refractivity contribution in [2.75, 3.05) is 0 Å². The molecule has 2 N–H and O–H groups in total. The molecule has 66 valence electrons. The molecule has 0 aliphatic heterocycles. The zero-order valence-electron chi connectivity index (χ0n) is 6.87. The van der Waals surface area contributed by atoms with Gasteiger partial charge in [0.25, 0.3) is 0 Å². The van der Waals surface area contributed by atoms with Gasteiger partial charge in [-0.1, -0.05) is 11.6 Å². The van der Waals surface area contributed by atoms with E-state index in [0.29, 0.717) is 11.6 Å². The summed E-state index contributed by atoms with van der Waals surface area (Å²) < 4.78 is 0. The quantitative estimate of drug-likeness (QED) is 0.751. The lowest BCUT2D eigenvalue weighted by atomic mass is 10.2. The minimum atomic E-state index is 0.384. The van der Waals surface area contributed by atoms with Crippen molar-refractivity contribution in [1.82, 2.24) is 9.97 Å². The Labute approximate surface area is 80.6 Å². The Morgan fingerprint density at radius 1 is 1.23 bits per heavy atom. The number of benzene rings is 1. The van der Waals surface area contributed by atoms with Crippen molar-refractivity contribution < 1.29 is 0 Å². The second kappa shape index (κ2) is 3.28. The predicted octanol–water partition coefficient (Wildman–Crippen LogP) is 1.74. The van der Waals surface area contributed by atoms with E-state index in [1.165, 1.54) is 0 Å². The average molecular weight is 194 g/mol. The van der Waals surface area contributed by atoms with Crippen LogP contribution in [-0.2, 0) is 6.54 Å². The van der Waals surface area contributed by atoms with Gasteiger partial charge < -0.3 is 5.73 Å². The molecule has 2 rings (SSSR count). The van der Waals surface area contributed by atoms with Crippen LogP contribution >= 0.6 is 11.6 Å². The van der Waals surface area contributed by atoms with E-state index < -0.39 is 0 Å². The van der Waals surface area contributed by atoms with Crippen LogP contribution in [0.2, 0.25) is 5.02 Å². The standard InChI is InChI=1S/C9H8ClN3/c10-7-1-2-8-9(6(7)5-11)13-4-3-12-8/h1-4H,5,11H2. The van der Waals surface area contributed by atoms with Gasteiger partial charge in [-0.15, -0.1) is 0 Å². The zero-order chi connectivity index (χ0) is 9.26. The van der Waals surface area contributed by atoms with E-state index in [2.05, 4.69) is 9.97 Å². The summed E-state index contributed by atoms with van der Waals surface area (Å²) in [4.78, 5) is 8.34. The molecule has 4 heteroatoms. The first kappa shape index (κ1) is 8.41. The lowest BCUT2D eigenvalue weighted by Gasteiger charge is -2.03. The van der Waals surface area contributed by atoms with Crippen LogP contribution in [-0.4, -0.2) is 9.97 Å². The van der Waals surface area contributed by atoms with Crippen molar-refractivity contribution in [1.29, 1.82) is 0 Å². The van der Waals surface area contributed by atoms with E-state index in [0.717, 1.165) is 16.6 Å². The van der Waals surface area contributed by atoms with Gasteiger partial charge in [0.2, 0.25) is 0 Å². The molecule has 0 aliphatic carbocycles. The summed E-state index contributed by atoms with van der Waals surface area (Å²) in [6.45, 7) is 0.384. The molecule has 0 bridgehead atoms. The van der Waals surface area contributed by atoms with Crippen molar-refractivity contribution in [3.63, 3.8) is 0 Å². The first-order chi connectivity index (χ1) is 6.33. The monoisotopic (exact) mass is 193 g/mol. The van der Waals surface area contributed by atoms with Gasteiger partial charge in [-0.3, -0.25) is 9.97 Å². The number of aromatic nitrogens is 2. The lowest BCUT2D eigenvalue weighted by Crippen LogP contribution is -2.00. The first-order valence-electron chi connectivity index (χ1n) is 3.91. The molecule has 0 atom stereocenters. The van der Waals surface area contributed by atoms with Gasteiger partial charge >= 0.3 is 0 Å². The molecule has 0 aliphatic rings. The van der Waals surface area contributed by atoms with Crippen molar-refractivity contribution in [2.45, 2.75) is 6.54 Å². The Hall–Kier alpha value is -1.19. The van der Waals surface area contributed by atoms with Crippen molar-refractivity contribution in [3.8, 4) is 0 Å². The molecule has 0 radical (unpaired) electrons. The van der Waals surface area contributed by atoms with Crippen molar-refractivity contribution in [3.05, 3.63) is 35.1 Å². The summed E-state index contributed by atoms with van der Waals surface area (Å²) in [5.41, 5.74) is 8.03. The molecular weight excluding hydrogens is 186 g/mol. The van der Waals surface area contributed by atoms with E-state index in [9.17, 15) is 0 Å². The number of nitrogens with two attached hydrogens (primary N) is 1. The van der Waals surface area contributed by atoms with Crippen LogP contribution in [0.5, 0.6) is 0 Å². The Morgan fingerprint density at radius 2 is 2.00 bits per heavy atom. The molecular formula is C9H8ClN3. The van der Waals surface area contributed by atoms with Gasteiger partial charge in [0.05, 0.1) is 11.0 Å². The molecule has 0 saturated heterocycles. The minimum Gasteiger partial charge on any atom is -0.326 e. The zero-order valence-corrected chi connectivity index (χ0v) is 7.62. The van der Waals surface area contributed by atoms with Crippen LogP contribution in [0, 0.1) is 0 Å². The number of rotatable bonds is 1. The van der Waals surface area contributed by atoms with Gasteiger partial charge in [0.1, 0.15) is 0 Å². The third-order valence-corrected chi connectivity index (χ3v) is 2.25. The summed E-state index contributed by atoms with van der Waals surface area (Å²) >= 11 is 5.96. The highest BCUT2D eigenvalue weighted by atomic mass is 35.5. The highest BCUT2D eigenvalue weighted by Gasteiger charge is 2.05. The molecule has 0 saturated carbocycles. The van der Waals surface area contributed by atoms with Crippen LogP contribution in [0.3, 0.4) is 0 Å². The fourth-order valence-electron chi connectivity index (χ4n) is 1.26. The Balaban J connectivity index is 2.84. The number of nitrogens with zero attached hydrogens (tertiary/aromatic N) is 2. The minimum absolute atomic E-state index is 0.384. The predicted molar refractivity (Wildman–Crippen MR) is 52.4 cm³/mol. The van der Waals surface area contributed by atoms with Gasteiger partial charge in [-0.2, -0.15) is 0 Å². The highest BCUT2D eigenvalue weighted by molar-refractivity contribution is 6.32. The molecule has 0 amide bonds. The van der Waals surface area contributed by atoms with Crippen LogP contribution in [0.4, 0.5) is 0 Å². The summed E-state index contributed by atoms with van der Waals surface area (Å²) in [5.74, 6) is 0. The van der Waals surface area contributed by atoms with E-state index in [-0.39, 0.29) is 0 Å². The summed E-state index contributed by atoms with van der Waals surface area (Å²) in [5, 5.41) is 0.649. The molecule has 1 aromatic carbocycles. The van der Waals surface area contributed by atoms with Crippen LogP contribution in [0.25, 0.3) is 11.0 Å². The van der Waals surface area contributed by atoms with E-state index >= 15 is 0 Å². The van der Waals surface area contributed by atoms with Gasteiger partial charge in [-0.05, 0) is 12.1 Å². The van der Waals surface area contributed by atoms with E-state index in [4.69, 9.17) is 17.3 Å². The van der Waals surface area contributed by atoms with Gasteiger partial charge in [0, 0.05) is 29.5 Å². The third kappa shape index (κ3) is 1.36. The second-order valence-corrected chi connectivity index (χ2v) is 3.06. The fourth-order valence-corrected chi connectivity index (χ4v) is 1.49. The van der Waals surface area contributed by atoms with E-state index in [1.54, 1.807) is 18.5 Å². The number of hydrogen-bond acceptors (Lipinski definition) is 3. The number of halogens is 1. The maximum Gasteiger partial charge on any atom is 0.0946 e. The molecule has 0 spiro atoms. The van der Waals surface area contributed by atoms with Crippen LogP contribution in [0.1, 0.15) is 5.56 Å².